The first kappa shape index (κ1) is 10.6. The molecule has 0 aliphatic carbocycles. The molecule has 0 unspecified atom stereocenters. The molecule has 0 radical (unpaired) electrons. The first-order valence-electron chi connectivity index (χ1n) is 6.25. The molecule has 1 saturated heterocycles. The Balaban J connectivity index is 1.89. The molecule has 0 spiro atoms. The highest BCUT2D eigenvalue weighted by Crippen LogP contribution is 2.22. The molecule has 88 valence electrons. The van der Waals surface area contributed by atoms with Crippen LogP contribution in [0.2, 0.25) is 0 Å². The molecule has 2 aromatic carbocycles. The van der Waals surface area contributed by atoms with Crippen molar-refractivity contribution in [3.63, 3.8) is 0 Å². The molecular weight excluding hydrogens is 210 g/mol. The fourth-order valence-electron chi connectivity index (χ4n) is 2.58. The molecule has 1 aliphatic rings. The van der Waals surface area contributed by atoms with Crippen molar-refractivity contribution in [2.45, 2.75) is 19.4 Å². The molecule has 0 atom stereocenters. The number of hydrogen-bond donors (Lipinski definition) is 1. The van der Waals surface area contributed by atoms with E-state index in [0.29, 0.717) is 5.75 Å². The molecule has 0 amide bonds. The molecule has 2 heteroatoms. The predicted molar refractivity (Wildman–Crippen MR) is 70.1 cm³/mol. The van der Waals surface area contributed by atoms with Crippen LogP contribution in [0.4, 0.5) is 0 Å². The van der Waals surface area contributed by atoms with Crippen molar-refractivity contribution in [1.82, 2.24) is 4.90 Å². The Labute approximate surface area is 101 Å². The average molecular weight is 227 g/mol. The smallest absolute Gasteiger partial charge is 0.116 e. The summed E-state index contributed by atoms with van der Waals surface area (Å²) in [6.07, 6.45) is 2.66. The lowest BCUT2D eigenvalue weighted by molar-refractivity contribution is 0.331. The van der Waals surface area contributed by atoms with Crippen LogP contribution in [0.25, 0.3) is 10.8 Å². The van der Waals surface area contributed by atoms with E-state index >= 15 is 0 Å². The Morgan fingerprint density at radius 1 is 0.941 bits per heavy atom. The number of fused-ring (bicyclic) bond motifs is 1. The molecule has 17 heavy (non-hydrogen) atoms. The molecule has 0 saturated carbocycles. The number of phenols is 1. The van der Waals surface area contributed by atoms with Crippen LogP contribution in [0.5, 0.6) is 5.75 Å². The van der Waals surface area contributed by atoms with Gasteiger partial charge in [-0.3, -0.25) is 4.90 Å². The van der Waals surface area contributed by atoms with Crippen molar-refractivity contribution in [1.29, 1.82) is 0 Å². The third-order valence-electron chi connectivity index (χ3n) is 3.49. The first-order chi connectivity index (χ1) is 8.31. The molecule has 0 aromatic heterocycles. The van der Waals surface area contributed by atoms with Crippen LogP contribution in [0.15, 0.2) is 36.4 Å². The Kier molecular flexibility index (Phi) is 2.73. The van der Waals surface area contributed by atoms with Gasteiger partial charge in [-0.15, -0.1) is 0 Å². The van der Waals surface area contributed by atoms with Gasteiger partial charge in [0.1, 0.15) is 5.75 Å². The molecule has 2 nitrogen and oxygen atoms in total. The lowest BCUT2D eigenvalue weighted by Crippen LogP contribution is -2.18. The maximum atomic E-state index is 9.49. The second-order valence-corrected chi connectivity index (χ2v) is 4.85. The zero-order chi connectivity index (χ0) is 11.7. The predicted octanol–water partition coefficient (Wildman–Crippen LogP) is 3.14. The number of rotatable bonds is 2. The Bertz CT molecular complexity index is 529. The van der Waals surface area contributed by atoms with Gasteiger partial charge in [-0.2, -0.15) is 0 Å². The number of likely N-dealkylation sites (tertiary alicyclic amines) is 1. The van der Waals surface area contributed by atoms with Crippen LogP contribution >= 0.6 is 0 Å². The van der Waals surface area contributed by atoms with Crippen molar-refractivity contribution in [3.05, 3.63) is 42.0 Å². The van der Waals surface area contributed by atoms with Gasteiger partial charge < -0.3 is 5.11 Å². The summed E-state index contributed by atoms with van der Waals surface area (Å²) in [5.41, 5.74) is 1.34. The van der Waals surface area contributed by atoms with Crippen LogP contribution in [0.3, 0.4) is 0 Å². The summed E-state index contributed by atoms with van der Waals surface area (Å²) >= 11 is 0. The number of hydrogen-bond acceptors (Lipinski definition) is 2. The van der Waals surface area contributed by atoms with Gasteiger partial charge in [0.2, 0.25) is 0 Å². The van der Waals surface area contributed by atoms with E-state index in [1.165, 1.54) is 36.9 Å². The van der Waals surface area contributed by atoms with Crippen LogP contribution in [-0.4, -0.2) is 23.1 Å². The lowest BCUT2D eigenvalue weighted by Gasteiger charge is -2.14. The Morgan fingerprint density at radius 2 is 1.71 bits per heavy atom. The van der Waals surface area contributed by atoms with E-state index in [4.69, 9.17) is 0 Å². The van der Waals surface area contributed by atoms with Gasteiger partial charge in [0.05, 0.1) is 0 Å². The van der Waals surface area contributed by atoms with Gasteiger partial charge in [-0.25, -0.2) is 0 Å². The summed E-state index contributed by atoms with van der Waals surface area (Å²) in [5.74, 6) is 0.343. The molecule has 1 fully saturated rings. The zero-order valence-corrected chi connectivity index (χ0v) is 9.89. The minimum Gasteiger partial charge on any atom is -0.508 e. The Morgan fingerprint density at radius 3 is 2.53 bits per heavy atom. The third-order valence-corrected chi connectivity index (χ3v) is 3.49. The van der Waals surface area contributed by atoms with E-state index in [1.807, 2.05) is 12.1 Å². The van der Waals surface area contributed by atoms with Crippen molar-refractivity contribution < 1.29 is 5.11 Å². The zero-order valence-electron chi connectivity index (χ0n) is 9.89. The van der Waals surface area contributed by atoms with Gasteiger partial charge in [-0.05, 0) is 60.5 Å². The number of phenolic OH excluding ortho intramolecular Hbond substituents is 1. The van der Waals surface area contributed by atoms with Gasteiger partial charge >= 0.3 is 0 Å². The molecule has 1 heterocycles. The third kappa shape index (κ3) is 2.27. The maximum Gasteiger partial charge on any atom is 0.116 e. The largest absolute Gasteiger partial charge is 0.508 e. The SMILES string of the molecule is Oc1ccc2ccc(CN3CCCC3)cc2c1. The number of aromatic hydroxyl groups is 1. The van der Waals surface area contributed by atoms with Crippen molar-refractivity contribution >= 4 is 10.8 Å². The number of nitrogens with zero attached hydrogens (tertiary/aromatic N) is 1. The summed E-state index contributed by atoms with van der Waals surface area (Å²) in [5, 5.41) is 11.8. The average Bonchev–Trinajstić information content (AvgIpc) is 2.81. The molecule has 0 bridgehead atoms. The first-order valence-corrected chi connectivity index (χ1v) is 6.25. The molecule has 3 rings (SSSR count). The monoisotopic (exact) mass is 227 g/mol. The summed E-state index contributed by atoms with van der Waals surface area (Å²) in [7, 11) is 0. The van der Waals surface area contributed by atoms with Crippen LogP contribution in [0, 0.1) is 0 Å². The highest BCUT2D eigenvalue weighted by atomic mass is 16.3. The van der Waals surface area contributed by atoms with Gasteiger partial charge in [0.25, 0.3) is 0 Å². The normalized spacial score (nSPS) is 16.7. The van der Waals surface area contributed by atoms with E-state index in [1.54, 1.807) is 6.07 Å². The standard InChI is InChI=1S/C15H17NO/c17-15-6-5-13-4-3-12(9-14(13)10-15)11-16-7-1-2-8-16/h3-6,9-10,17H,1-2,7-8,11H2. The van der Waals surface area contributed by atoms with Gasteiger partial charge in [-0.1, -0.05) is 18.2 Å². The van der Waals surface area contributed by atoms with Crippen molar-refractivity contribution in [3.8, 4) is 5.75 Å². The van der Waals surface area contributed by atoms with E-state index in [2.05, 4.69) is 23.1 Å². The Hall–Kier alpha value is -1.54. The fourth-order valence-corrected chi connectivity index (χ4v) is 2.58. The summed E-state index contributed by atoms with van der Waals surface area (Å²) < 4.78 is 0. The fraction of sp³-hybridized carbons (Fsp3) is 0.333. The summed E-state index contributed by atoms with van der Waals surface area (Å²) in [6.45, 7) is 3.47. The summed E-state index contributed by atoms with van der Waals surface area (Å²) in [6, 6.07) is 12.1. The van der Waals surface area contributed by atoms with Crippen LogP contribution in [0.1, 0.15) is 18.4 Å². The molecule has 1 aliphatic heterocycles. The molecular formula is C15H17NO. The second-order valence-electron chi connectivity index (χ2n) is 4.85. The summed E-state index contributed by atoms with van der Waals surface area (Å²) in [4.78, 5) is 2.49. The van der Waals surface area contributed by atoms with E-state index in [-0.39, 0.29) is 0 Å². The van der Waals surface area contributed by atoms with Gasteiger partial charge in [0.15, 0.2) is 0 Å². The van der Waals surface area contributed by atoms with Crippen molar-refractivity contribution in [2.24, 2.45) is 0 Å². The minimum atomic E-state index is 0.343. The highest BCUT2D eigenvalue weighted by molar-refractivity contribution is 5.84. The van der Waals surface area contributed by atoms with Crippen LogP contribution in [-0.2, 0) is 6.54 Å². The maximum absolute atomic E-state index is 9.49. The van der Waals surface area contributed by atoms with Crippen molar-refractivity contribution in [2.75, 3.05) is 13.1 Å². The topological polar surface area (TPSA) is 23.5 Å². The van der Waals surface area contributed by atoms with E-state index in [0.717, 1.165) is 11.9 Å². The lowest BCUT2D eigenvalue weighted by atomic mass is 10.1. The molecule has 1 N–H and O–H groups in total. The quantitative estimate of drug-likeness (QED) is 0.852. The van der Waals surface area contributed by atoms with Gasteiger partial charge in [0, 0.05) is 6.54 Å². The number of benzene rings is 2. The molecule has 2 aromatic rings. The second kappa shape index (κ2) is 4.38. The van der Waals surface area contributed by atoms with Crippen LogP contribution < -0.4 is 0 Å². The van der Waals surface area contributed by atoms with E-state index in [9.17, 15) is 5.11 Å². The van der Waals surface area contributed by atoms with E-state index < -0.39 is 0 Å². The highest BCUT2D eigenvalue weighted by Gasteiger charge is 2.11. The minimum absolute atomic E-state index is 0.343.